The SMILES string of the molecule is COc1ccc(C(OC[C@H](O)CNC(=O)NCCCCCCO[Si](C)(C)C(C)(C)C)(c2ccccc2)c2ccc(OC)cc2)cc1. The summed E-state index contributed by atoms with van der Waals surface area (Å²) >= 11 is 0. The van der Waals surface area contributed by atoms with Crippen LogP contribution in [0.5, 0.6) is 11.5 Å². The molecule has 8 nitrogen and oxygen atoms in total. The number of aliphatic hydroxyl groups is 1. The molecule has 2 amide bonds. The van der Waals surface area contributed by atoms with Crippen molar-refractivity contribution in [2.75, 3.05) is 40.5 Å². The molecule has 0 aliphatic heterocycles. The third kappa shape index (κ3) is 10.3. The quantitative estimate of drug-likeness (QED) is 0.0762. The van der Waals surface area contributed by atoms with E-state index in [0.29, 0.717) is 6.54 Å². The second kappa shape index (κ2) is 17.5. The van der Waals surface area contributed by atoms with Crippen LogP contribution in [0.1, 0.15) is 63.1 Å². The smallest absolute Gasteiger partial charge is 0.314 e. The second-order valence-corrected chi connectivity index (χ2v) is 17.9. The van der Waals surface area contributed by atoms with Crippen LogP contribution in [-0.4, -0.2) is 66.1 Å². The number of amides is 2. The monoisotopic (exact) mass is 650 g/mol. The van der Waals surface area contributed by atoms with E-state index in [1.165, 1.54) is 0 Å². The molecule has 3 rings (SSSR count). The summed E-state index contributed by atoms with van der Waals surface area (Å²) in [7, 11) is 1.57. The minimum absolute atomic E-state index is 0.0236. The van der Waals surface area contributed by atoms with E-state index >= 15 is 0 Å². The lowest BCUT2D eigenvalue weighted by Gasteiger charge is -2.36. The summed E-state index contributed by atoms with van der Waals surface area (Å²) in [6.07, 6.45) is 3.08. The Labute approximate surface area is 276 Å². The van der Waals surface area contributed by atoms with Crippen LogP contribution < -0.4 is 20.1 Å². The lowest BCUT2D eigenvalue weighted by molar-refractivity contribution is -0.0365. The van der Waals surface area contributed by atoms with Gasteiger partial charge in [0.05, 0.1) is 26.9 Å². The van der Waals surface area contributed by atoms with Gasteiger partial charge in [-0.05, 0) is 71.9 Å². The molecule has 46 heavy (non-hydrogen) atoms. The molecular formula is C37H54N2O6Si. The van der Waals surface area contributed by atoms with Gasteiger partial charge in [0.25, 0.3) is 0 Å². The Morgan fingerprint density at radius 2 is 1.28 bits per heavy atom. The molecule has 9 heteroatoms. The van der Waals surface area contributed by atoms with Crippen molar-refractivity contribution in [1.29, 1.82) is 0 Å². The summed E-state index contributed by atoms with van der Waals surface area (Å²) in [6.45, 7) is 12.7. The van der Waals surface area contributed by atoms with Crippen molar-refractivity contribution >= 4 is 14.3 Å². The van der Waals surface area contributed by atoms with Crippen molar-refractivity contribution in [2.45, 2.75) is 76.3 Å². The Morgan fingerprint density at radius 1 is 0.761 bits per heavy atom. The average molecular weight is 651 g/mol. The topological polar surface area (TPSA) is 98.3 Å². The van der Waals surface area contributed by atoms with Gasteiger partial charge in [-0.1, -0.05) is 88.2 Å². The fraction of sp³-hybridized carbons (Fsp3) is 0.486. The number of hydrogen-bond acceptors (Lipinski definition) is 6. The Balaban J connectivity index is 1.56. The molecule has 0 spiro atoms. The van der Waals surface area contributed by atoms with Crippen LogP contribution in [0, 0.1) is 0 Å². The number of carbonyl (C=O) groups excluding carboxylic acids is 1. The van der Waals surface area contributed by atoms with Crippen molar-refractivity contribution in [3.8, 4) is 11.5 Å². The number of hydrogen-bond donors (Lipinski definition) is 3. The van der Waals surface area contributed by atoms with Crippen LogP contribution >= 0.6 is 0 Å². The summed E-state index contributed by atoms with van der Waals surface area (Å²) in [5.74, 6) is 1.46. The second-order valence-electron chi connectivity index (χ2n) is 13.1. The summed E-state index contributed by atoms with van der Waals surface area (Å²) in [6, 6.07) is 25.0. The van der Waals surface area contributed by atoms with Crippen LogP contribution in [0.4, 0.5) is 4.79 Å². The minimum atomic E-state index is -1.69. The number of ether oxygens (including phenoxy) is 3. The van der Waals surface area contributed by atoms with E-state index in [4.69, 9.17) is 18.6 Å². The Bertz CT molecular complexity index is 1260. The number of nitrogens with one attached hydrogen (secondary N) is 2. The summed E-state index contributed by atoms with van der Waals surface area (Å²) in [4.78, 5) is 12.5. The highest BCUT2D eigenvalue weighted by Crippen LogP contribution is 2.42. The van der Waals surface area contributed by atoms with Crippen molar-refractivity contribution in [1.82, 2.24) is 10.6 Å². The molecular weight excluding hydrogens is 597 g/mol. The van der Waals surface area contributed by atoms with Crippen molar-refractivity contribution in [2.24, 2.45) is 0 Å². The van der Waals surface area contributed by atoms with E-state index in [1.807, 2.05) is 78.9 Å². The molecule has 1 atom stereocenters. The molecule has 0 radical (unpaired) electrons. The zero-order valence-corrected chi connectivity index (χ0v) is 29.7. The van der Waals surface area contributed by atoms with Gasteiger partial charge < -0.3 is 34.4 Å². The highest BCUT2D eigenvalue weighted by Gasteiger charge is 2.39. The zero-order valence-electron chi connectivity index (χ0n) is 28.7. The number of carbonyl (C=O) groups is 1. The van der Waals surface area contributed by atoms with Gasteiger partial charge in [-0.2, -0.15) is 0 Å². The van der Waals surface area contributed by atoms with E-state index in [1.54, 1.807) is 14.2 Å². The molecule has 0 aromatic heterocycles. The zero-order chi connectivity index (χ0) is 33.6. The van der Waals surface area contributed by atoms with E-state index < -0.39 is 20.0 Å². The van der Waals surface area contributed by atoms with Gasteiger partial charge in [0.2, 0.25) is 0 Å². The van der Waals surface area contributed by atoms with Gasteiger partial charge >= 0.3 is 6.03 Å². The highest BCUT2D eigenvalue weighted by atomic mass is 28.4. The highest BCUT2D eigenvalue weighted by molar-refractivity contribution is 6.74. The van der Waals surface area contributed by atoms with Crippen LogP contribution in [0.3, 0.4) is 0 Å². The first-order valence-electron chi connectivity index (χ1n) is 16.2. The van der Waals surface area contributed by atoms with Gasteiger partial charge in [-0.25, -0.2) is 4.79 Å². The molecule has 0 aliphatic carbocycles. The van der Waals surface area contributed by atoms with Crippen LogP contribution in [-0.2, 0) is 14.8 Å². The van der Waals surface area contributed by atoms with Crippen LogP contribution in [0.2, 0.25) is 18.1 Å². The number of methoxy groups -OCH3 is 2. The molecule has 3 N–H and O–H groups in total. The van der Waals surface area contributed by atoms with Gasteiger partial charge in [-0.3, -0.25) is 0 Å². The van der Waals surface area contributed by atoms with E-state index in [-0.39, 0.29) is 24.2 Å². The molecule has 252 valence electrons. The first kappa shape index (κ1) is 37.1. The fourth-order valence-corrected chi connectivity index (χ4v) is 6.04. The maximum Gasteiger partial charge on any atom is 0.314 e. The van der Waals surface area contributed by atoms with Crippen LogP contribution in [0.25, 0.3) is 0 Å². The van der Waals surface area contributed by atoms with E-state index in [9.17, 15) is 9.90 Å². The average Bonchev–Trinajstić information content (AvgIpc) is 3.05. The third-order valence-corrected chi connectivity index (χ3v) is 13.3. The largest absolute Gasteiger partial charge is 0.497 e. The standard InChI is InChI=1S/C37H54N2O6Si/c1-36(2,3)46(6,7)45-26-14-9-8-13-25-38-35(41)39-27-32(40)28-44-37(29-15-11-10-12-16-29,30-17-21-33(42-4)22-18-30)31-19-23-34(43-5)24-20-31/h10-12,15-24,32,40H,8-9,13-14,25-28H2,1-7H3,(H2,38,39,41)/t32-/m1/s1. The summed E-state index contributed by atoms with van der Waals surface area (Å²) in [5.41, 5.74) is 1.59. The van der Waals surface area contributed by atoms with Crippen molar-refractivity contribution in [3.05, 3.63) is 95.6 Å². The molecule has 0 bridgehead atoms. The lowest BCUT2D eigenvalue weighted by Crippen LogP contribution is -2.43. The molecule has 0 saturated carbocycles. The van der Waals surface area contributed by atoms with E-state index in [2.05, 4.69) is 44.5 Å². The maximum atomic E-state index is 12.5. The fourth-order valence-electron chi connectivity index (χ4n) is 4.95. The van der Waals surface area contributed by atoms with Crippen LogP contribution in [0.15, 0.2) is 78.9 Å². The number of aliphatic hydroxyl groups excluding tert-OH is 1. The van der Waals surface area contributed by atoms with Crippen molar-refractivity contribution in [3.63, 3.8) is 0 Å². The van der Waals surface area contributed by atoms with Gasteiger partial charge in [0.1, 0.15) is 17.1 Å². The molecule has 0 heterocycles. The Morgan fingerprint density at radius 3 is 1.80 bits per heavy atom. The lowest BCUT2D eigenvalue weighted by atomic mass is 9.80. The minimum Gasteiger partial charge on any atom is -0.497 e. The summed E-state index contributed by atoms with van der Waals surface area (Å²) < 4.78 is 23.8. The maximum absolute atomic E-state index is 12.5. The van der Waals surface area contributed by atoms with Gasteiger partial charge in [0.15, 0.2) is 8.32 Å². The van der Waals surface area contributed by atoms with Gasteiger partial charge in [0, 0.05) is 19.7 Å². The number of rotatable bonds is 18. The van der Waals surface area contributed by atoms with Crippen molar-refractivity contribution < 1.29 is 28.5 Å². The summed E-state index contributed by atoms with van der Waals surface area (Å²) in [5, 5.41) is 16.8. The third-order valence-electron chi connectivity index (χ3n) is 8.79. The first-order chi connectivity index (χ1) is 21.9. The predicted molar refractivity (Wildman–Crippen MR) is 187 cm³/mol. The number of unbranched alkanes of at least 4 members (excludes halogenated alkanes) is 3. The molecule has 0 saturated heterocycles. The molecule has 0 unspecified atom stereocenters. The molecule has 0 aliphatic rings. The molecule has 3 aromatic carbocycles. The Hall–Kier alpha value is -3.37. The molecule has 0 fully saturated rings. The Kier molecular flexibility index (Phi) is 14.1. The molecule has 3 aromatic rings. The normalized spacial score (nSPS) is 12.8. The van der Waals surface area contributed by atoms with E-state index in [0.717, 1.165) is 60.5 Å². The number of benzene rings is 3. The predicted octanol–water partition coefficient (Wildman–Crippen LogP) is 7.25. The number of urea groups is 1. The van der Waals surface area contributed by atoms with Gasteiger partial charge in [-0.15, -0.1) is 0 Å². The first-order valence-corrected chi connectivity index (χ1v) is 19.2.